The van der Waals surface area contributed by atoms with Crippen LogP contribution in [0, 0.1) is 0 Å². The summed E-state index contributed by atoms with van der Waals surface area (Å²) in [5, 5.41) is 2.11. The van der Waals surface area contributed by atoms with Crippen molar-refractivity contribution in [1.29, 1.82) is 0 Å². The molecule has 5 heteroatoms. The molecule has 0 spiro atoms. The first-order valence-electron chi connectivity index (χ1n) is 7.44. The number of carbonyl (C=O) groups is 1. The molecule has 1 aliphatic heterocycles. The van der Waals surface area contributed by atoms with Gasteiger partial charge in [-0.25, -0.2) is 0 Å². The van der Waals surface area contributed by atoms with E-state index in [1.165, 1.54) is 4.88 Å². The van der Waals surface area contributed by atoms with Crippen LogP contribution in [0.15, 0.2) is 41.8 Å². The molecule has 2 aromatic rings. The highest BCUT2D eigenvalue weighted by atomic mass is 32.1. The maximum atomic E-state index is 12.5. The summed E-state index contributed by atoms with van der Waals surface area (Å²) in [7, 11) is 1.63. The molecule has 1 fully saturated rings. The van der Waals surface area contributed by atoms with Crippen LogP contribution in [0.2, 0.25) is 0 Å². The third-order valence-corrected chi connectivity index (χ3v) is 4.82. The normalized spacial score (nSPS) is 15.8. The molecule has 1 amide bonds. The third-order valence-electron chi connectivity index (χ3n) is 3.96. The van der Waals surface area contributed by atoms with E-state index in [9.17, 15) is 4.79 Å². The van der Waals surface area contributed by atoms with Gasteiger partial charge in [-0.05, 0) is 35.7 Å². The van der Waals surface area contributed by atoms with Gasteiger partial charge in [0.25, 0.3) is 5.91 Å². The quantitative estimate of drug-likeness (QED) is 0.869. The standard InChI is InChI=1S/C17H20N2O2S/c1-21-15-6-4-14(5-7-15)17(20)19-10-8-18(9-11-19)13-16-3-2-12-22-16/h2-7,12H,8-11,13H2,1H3. The average molecular weight is 316 g/mol. The first kappa shape index (κ1) is 15.1. The number of rotatable bonds is 4. The number of ether oxygens (including phenoxy) is 1. The van der Waals surface area contributed by atoms with Crippen molar-refractivity contribution in [3.05, 3.63) is 52.2 Å². The number of hydrogen-bond acceptors (Lipinski definition) is 4. The number of thiophene rings is 1. The molecule has 3 rings (SSSR count). The summed E-state index contributed by atoms with van der Waals surface area (Å²) < 4.78 is 5.13. The molecule has 4 nitrogen and oxygen atoms in total. The summed E-state index contributed by atoms with van der Waals surface area (Å²) >= 11 is 1.79. The van der Waals surface area contributed by atoms with Gasteiger partial charge in [0.15, 0.2) is 0 Å². The zero-order valence-corrected chi connectivity index (χ0v) is 13.5. The van der Waals surface area contributed by atoms with Crippen molar-refractivity contribution in [2.45, 2.75) is 6.54 Å². The van der Waals surface area contributed by atoms with Crippen molar-refractivity contribution in [2.24, 2.45) is 0 Å². The summed E-state index contributed by atoms with van der Waals surface area (Å²) in [4.78, 5) is 18.2. The van der Waals surface area contributed by atoms with Gasteiger partial charge in [-0.3, -0.25) is 9.69 Å². The van der Waals surface area contributed by atoms with Crippen molar-refractivity contribution in [2.75, 3.05) is 33.3 Å². The molecule has 0 bridgehead atoms. The number of nitrogens with zero attached hydrogens (tertiary/aromatic N) is 2. The van der Waals surface area contributed by atoms with E-state index < -0.39 is 0 Å². The fraction of sp³-hybridized carbons (Fsp3) is 0.353. The van der Waals surface area contributed by atoms with E-state index in [1.807, 2.05) is 29.2 Å². The average Bonchev–Trinajstić information content (AvgIpc) is 3.08. The van der Waals surface area contributed by atoms with Gasteiger partial charge in [-0.2, -0.15) is 0 Å². The second-order valence-corrected chi connectivity index (χ2v) is 6.41. The van der Waals surface area contributed by atoms with Crippen LogP contribution >= 0.6 is 11.3 Å². The smallest absolute Gasteiger partial charge is 0.253 e. The van der Waals surface area contributed by atoms with E-state index in [1.54, 1.807) is 18.4 Å². The topological polar surface area (TPSA) is 32.8 Å². The minimum atomic E-state index is 0.110. The van der Waals surface area contributed by atoms with Crippen molar-refractivity contribution >= 4 is 17.2 Å². The maximum Gasteiger partial charge on any atom is 0.253 e. The fourth-order valence-electron chi connectivity index (χ4n) is 2.65. The van der Waals surface area contributed by atoms with E-state index in [0.717, 1.165) is 44.0 Å². The molecular formula is C17H20N2O2S. The number of benzene rings is 1. The molecule has 22 heavy (non-hydrogen) atoms. The molecule has 1 saturated heterocycles. The van der Waals surface area contributed by atoms with E-state index in [-0.39, 0.29) is 5.91 Å². The Kier molecular flexibility index (Phi) is 4.75. The zero-order valence-electron chi connectivity index (χ0n) is 12.7. The first-order valence-corrected chi connectivity index (χ1v) is 8.32. The van der Waals surface area contributed by atoms with Crippen LogP contribution in [0.5, 0.6) is 5.75 Å². The van der Waals surface area contributed by atoms with Crippen LogP contribution in [0.4, 0.5) is 0 Å². The predicted octanol–water partition coefficient (Wildman–Crippen LogP) is 2.71. The molecule has 0 unspecified atom stereocenters. The monoisotopic (exact) mass is 316 g/mol. The summed E-state index contributed by atoms with van der Waals surface area (Å²) in [6.45, 7) is 4.42. The highest BCUT2D eigenvalue weighted by Crippen LogP contribution is 2.16. The Labute approximate surface area is 134 Å². The predicted molar refractivity (Wildman–Crippen MR) is 88.5 cm³/mol. The van der Waals surface area contributed by atoms with Gasteiger partial charge in [0.05, 0.1) is 7.11 Å². The Bertz CT molecular complexity index is 602. The summed E-state index contributed by atoms with van der Waals surface area (Å²) in [5.74, 6) is 0.885. The highest BCUT2D eigenvalue weighted by Gasteiger charge is 2.22. The number of amides is 1. The van der Waals surface area contributed by atoms with Crippen molar-refractivity contribution in [1.82, 2.24) is 9.80 Å². The summed E-state index contributed by atoms with van der Waals surface area (Å²) in [6.07, 6.45) is 0. The molecule has 2 heterocycles. The maximum absolute atomic E-state index is 12.5. The van der Waals surface area contributed by atoms with E-state index in [0.29, 0.717) is 0 Å². The largest absolute Gasteiger partial charge is 0.497 e. The minimum Gasteiger partial charge on any atom is -0.497 e. The number of hydrogen-bond donors (Lipinski definition) is 0. The van der Waals surface area contributed by atoms with Crippen LogP contribution in [-0.4, -0.2) is 49.0 Å². The number of piperazine rings is 1. The van der Waals surface area contributed by atoms with Crippen molar-refractivity contribution in [3.63, 3.8) is 0 Å². The van der Waals surface area contributed by atoms with Gasteiger partial charge in [0.2, 0.25) is 0 Å². The van der Waals surface area contributed by atoms with Crippen LogP contribution in [0.3, 0.4) is 0 Å². The van der Waals surface area contributed by atoms with E-state index >= 15 is 0 Å². The van der Waals surface area contributed by atoms with Gasteiger partial charge < -0.3 is 9.64 Å². The summed E-state index contributed by atoms with van der Waals surface area (Å²) in [5.41, 5.74) is 0.729. The second kappa shape index (κ2) is 6.94. The Morgan fingerprint density at radius 2 is 1.86 bits per heavy atom. The molecule has 1 aliphatic rings. The Hall–Kier alpha value is -1.85. The van der Waals surface area contributed by atoms with Gasteiger partial charge >= 0.3 is 0 Å². The van der Waals surface area contributed by atoms with Crippen molar-refractivity contribution < 1.29 is 9.53 Å². The van der Waals surface area contributed by atoms with Crippen LogP contribution < -0.4 is 4.74 Å². The lowest BCUT2D eigenvalue weighted by Crippen LogP contribution is -2.48. The number of carbonyl (C=O) groups excluding carboxylic acids is 1. The molecule has 1 aromatic heterocycles. The second-order valence-electron chi connectivity index (χ2n) is 5.38. The molecule has 1 aromatic carbocycles. The van der Waals surface area contributed by atoms with E-state index in [2.05, 4.69) is 22.4 Å². The lowest BCUT2D eigenvalue weighted by molar-refractivity contribution is 0.0629. The highest BCUT2D eigenvalue weighted by molar-refractivity contribution is 7.09. The lowest BCUT2D eigenvalue weighted by atomic mass is 10.1. The van der Waals surface area contributed by atoms with Crippen LogP contribution in [0.25, 0.3) is 0 Å². The fourth-order valence-corrected chi connectivity index (χ4v) is 3.39. The zero-order chi connectivity index (χ0) is 15.4. The summed E-state index contributed by atoms with van der Waals surface area (Å²) in [6, 6.07) is 11.6. The molecule has 0 saturated carbocycles. The Morgan fingerprint density at radius 1 is 1.14 bits per heavy atom. The molecular weight excluding hydrogens is 296 g/mol. The van der Waals surface area contributed by atoms with Gasteiger partial charge in [-0.1, -0.05) is 6.07 Å². The molecule has 0 N–H and O–H groups in total. The lowest BCUT2D eigenvalue weighted by Gasteiger charge is -2.34. The molecule has 0 radical (unpaired) electrons. The van der Waals surface area contributed by atoms with Crippen molar-refractivity contribution in [3.8, 4) is 5.75 Å². The Balaban J connectivity index is 1.54. The number of methoxy groups -OCH3 is 1. The first-order chi connectivity index (χ1) is 10.8. The molecule has 0 aliphatic carbocycles. The molecule has 116 valence electrons. The van der Waals surface area contributed by atoms with Crippen LogP contribution in [-0.2, 0) is 6.54 Å². The third kappa shape index (κ3) is 3.48. The minimum absolute atomic E-state index is 0.110. The SMILES string of the molecule is COc1ccc(C(=O)N2CCN(Cc3cccs3)CC2)cc1. The van der Waals surface area contributed by atoms with Crippen LogP contribution in [0.1, 0.15) is 15.2 Å². The van der Waals surface area contributed by atoms with Gasteiger partial charge in [-0.15, -0.1) is 11.3 Å². The van der Waals surface area contributed by atoms with E-state index in [4.69, 9.17) is 4.74 Å². The van der Waals surface area contributed by atoms with Gasteiger partial charge in [0.1, 0.15) is 5.75 Å². The Morgan fingerprint density at radius 3 is 2.45 bits per heavy atom. The molecule has 0 atom stereocenters. The van der Waals surface area contributed by atoms with Gasteiger partial charge in [0, 0.05) is 43.2 Å².